The molecule has 1 aromatic rings. The van der Waals surface area contributed by atoms with E-state index in [1.54, 1.807) is 11.8 Å². The number of benzene rings is 1. The van der Waals surface area contributed by atoms with Gasteiger partial charge in [0.2, 0.25) is 15.9 Å². The van der Waals surface area contributed by atoms with Crippen molar-refractivity contribution in [2.24, 2.45) is 0 Å². The van der Waals surface area contributed by atoms with E-state index in [9.17, 15) is 13.2 Å². The molecule has 5 nitrogen and oxygen atoms in total. The SMILES string of the molecule is CCc1ccc(N(CCNS(=O)(=O)CC)C(C)=O)cc1. The molecule has 0 atom stereocenters. The van der Waals surface area contributed by atoms with Gasteiger partial charge < -0.3 is 4.90 Å². The van der Waals surface area contributed by atoms with Gasteiger partial charge in [-0.3, -0.25) is 4.79 Å². The van der Waals surface area contributed by atoms with Gasteiger partial charge in [0.25, 0.3) is 0 Å². The van der Waals surface area contributed by atoms with Crippen molar-refractivity contribution in [3.05, 3.63) is 29.8 Å². The van der Waals surface area contributed by atoms with Gasteiger partial charge in [-0.2, -0.15) is 0 Å². The van der Waals surface area contributed by atoms with Crippen molar-refractivity contribution < 1.29 is 13.2 Å². The number of carbonyl (C=O) groups excluding carboxylic acids is 1. The lowest BCUT2D eigenvalue weighted by atomic mass is 10.1. The molecule has 0 fully saturated rings. The fourth-order valence-electron chi connectivity index (χ4n) is 1.79. The van der Waals surface area contributed by atoms with Crippen molar-refractivity contribution in [3.63, 3.8) is 0 Å². The minimum atomic E-state index is -3.22. The molecule has 1 aromatic carbocycles. The zero-order chi connectivity index (χ0) is 15.2. The normalized spacial score (nSPS) is 11.3. The van der Waals surface area contributed by atoms with Crippen LogP contribution in [-0.4, -0.2) is 33.2 Å². The van der Waals surface area contributed by atoms with E-state index in [4.69, 9.17) is 0 Å². The van der Waals surface area contributed by atoms with Crippen LogP contribution in [0.25, 0.3) is 0 Å². The fourth-order valence-corrected chi connectivity index (χ4v) is 2.40. The second kappa shape index (κ2) is 7.40. The maximum atomic E-state index is 11.7. The lowest BCUT2D eigenvalue weighted by Gasteiger charge is -2.21. The molecule has 0 aliphatic rings. The average Bonchev–Trinajstić information content (AvgIpc) is 2.43. The number of aryl methyl sites for hydroxylation is 1. The van der Waals surface area contributed by atoms with Crippen molar-refractivity contribution in [2.75, 3.05) is 23.7 Å². The number of carbonyl (C=O) groups is 1. The Hall–Kier alpha value is -1.40. The monoisotopic (exact) mass is 298 g/mol. The molecule has 0 saturated heterocycles. The molecule has 0 radical (unpaired) electrons. The predicted molar refractivity (Wildman–Crippen MR) is 81.3 cm³/mol. The third-order valence-corrected chi connectivity index (χ3v) is 4.48. The number of amides is 1. The van der Waals surface area contributed by atoms with Crippen molar-refractivity contribution >= 4 is 21.6 Å². The number of anilines is 1. The summed E-state index contributed by atoms with van der Waals surface area (Å²) in [5, 5.41) is 0. The number of hydrogen-bond donors (Lipinski definition) is 1. The highest BCUT2D eigenvalue weighted by Crippen LogP contribution is 2.15. The van der Waals surface area contributed by atoms with Gasteiger partial charge in [0.05, 0.1) is 5.75 Å². The van der Waals surface area contributed by atoms with Crippen LogP contribution in [0.3, 0.4) is 0 Å². The molecule has 0 aromatic heterocycles. The quantitative estimate of drug-likeness (QED) is 0.830. The zero-order valence-electron chi connectivity index (χ0n) is 12.2. The van der Waals surface area contributed by atoms with Crippen LogP contribution in [0.4, 0.5) is 5.69 Å². The Labute approximate surface area is 121 Å². The fraction of sp³-hybridized carbons (Fsp3) is 0.500. The molecule has 1 rings (SSSR count). The molecule has 0 unspecified atom stereocenters. The van der Waals surface area contributed by atoms with E-state index in [1.807, 2.05) is 24.3 Å². The summed E-state index contributed by atoms with van der Waals surface area (Å²) in [5.41, 5.74) is 1.98. The lowest BCUT2D eigenvalue weighted by Crippen LogP contribution is -2.38. The summed E-state index contributed by atoms with van der Waals surface area (Å²) < 4.78 is 25.2. The van der Waals surface area contributed by atoms with Crippen LogP contribution >= 0.6 is 0 Å². The summed E-state index contributed by atoms with van der Waals surface area (Å²) in [5.74, 6) is -0.0666. The van der Waals surface area contributed by atoms with Gasteiger partial charge in [0.15, 0.2) is 0 Å². The molecule has 0 aliphatic heterocycles. The Balaban J connectivity index is 2.71. The lowest BCUT2D eigenvalue weighted by molar-refractivity contribution is -0.116. The summed E-state index contributed by atoms with van der Waals surface area (Å²) in [6, 6.07) is 7.71. The van der Waals surface area contributed by atoms with Crippen LogP contribution in [0.1, 0.15) is 26.3 Å². The molecule has 0 aliphatic carbocycles. The molecule has 0 spiro atoms. The van der Waals surface area contributed by atoms with Gasteiger partial charge in [-0.15, -0.1) is 0 Å². The number of rotatable bonds is 7. The van der Waals surface area contributed by atoms with E-state index in [0.717, 1.165) is 12.1 Å². The van der Waals surface area contributed by atoms with Gasteiger partial charge in [-0.1, -0.05) is 19.1 Å². The van der Waals surface area contributed by atoms with Crippen molar-refractivity contribution in [1.82, 2.24) is 4.72 Å². The first kappa shape index (κ1) is 16.7. The van der Waals surface area contributed by atoms with E-state index in [0.29, 0.717) is 6.54 Å². The molecule has 0 bridgehead atoms. The highest BCUT2D eigenvalue weighted by atomic mass is 32.2. The largest absolute Gasteiger partial charge is 0.311 e. The highest BCUT2D eigenvalue weighted by molar-refractivity contribution is 7.89. The molecule has 6 heteroatoms. The van der Waals surface area contributed by atoms with E-state index in [-0.39, 0.29) is 18.2 Å². The zero-order valence-corrected chi connectivity index (χ0v) is 13.0. The molecule has 112 valence electrons. The van der Waals surface area contributed by atoms with Crippen LogP contribution in [0.2, 0.25) is 0 Å². The highest BCUT2D eigenvalue weighted by Gasteiger charge is 2.13. The Morgan fingerprint density at radius 2 is 1.80 bits per heavy atom. The van der Waals surface area contributed by atoms with Crippen LogP contribution in [0.5, 0.6) is 0 Å². The van der Waals surface area contributed by atoms with Gasteiger partial charge in [-0.05, 0) is 31.0 Å². The number of nitrogens with zero attached hydrogens (tertiary/aromatic N) is 1. The maximum absolute atomic E-state index is 11.7. The molecule has 0 heterocycles. The Kier molecular flexibility index (Phi) is 6.16. The first-order valence-corrected chi connectivity index (χ1v) is 8.39. The molecule has 20 heavy (non-hydrogen) atoms. The van der Waals surface area contributed by atoms with Crippen LogP contribution in [0, 0.1) is 0 Å². The number of nitrogens with one attached hydrogen (secondary N) is 1. The van der Waals surface area contributed by atoms with E-state index >= 15 is 0 Å². The molecule has 0 saturated carbocycles. The van der Waals surface area contributed by atoms with Crippen LogP contribution in [-0.2, 0) is 21.2 Å². The number of sulfonamides is 1. The van der Waals surface area contributed by atoms with Crippen molar-refractivity contribution in [3.8, 4) is 0 Å². The smallest absolute Gasteiger partial charge is 0.223 e. The van der Waals surface area contributed by atoms with Crippen molar-refractivity contribution in [1.29, 1.82) is 0 Å². The molecular weight excluding hydrogens is 276 g/mol. The first-order chi connectivity index (χ1) is 9.39. The van der Waals surface area contributed by atoms with Gasteiger partial charge in [0, 0.05) is 25.7 Å². The third kappa shape index (κ3) is 4.94. The minimum absolute atomic E-state index is 0.0399. The first-order valence-electron chi connectivity index (χ1n) is 6.74. The van der Waals surface area contributed by atoms with E-state index in [2.05, 4.69) is 11.6 Å². The summed E-state index contributed by atoms with van der Waals surface area (Å²) in [6.45, 7) is 5.65. The van der Waals surface area contributed by atoms with Crippen molar-refractivity contribution in [2.45, 2.75) is 27.2 Å². The average molecular weight is 298 g/mol. The van der Waals surface area contributed by atoms with E-state index in [1.165, 1.54) is 12.5 Å². The van der Waals surface area contributed by atoms with Gasteiger partial charge >= 0.3 is 0 Å². The second-order valence-electron chi connectivity index (χ2n) is 4.49. The third-order valence-electron chi connectivity index (χ3n) is 3.07. The number of hydrogen-bond acceptors (Lipinski definition) is 3. The van der Waals surface area contributed by atoms with Crippen LogP contribution < -0.4 is 9.62 Å². The molecular formula is C14H22N2O3S. The van der Waals surface area contributed by atoms with Crippen LogP contribution in [0.15, 0.2) is 24.3 Å². The molecule has 1 N–H and O–H groups in total. The standard InChI is InChI=1S/C14H22N2O3S/c1-4-13-6-8-14(9-7-13)16(12(3)17)11-10-15-20(18,19)5-2/h6-9,15H,4-5,10-11H2,1-3H3. The van der Waals surface area contributed by atoms with E-state index < -0.39 is 10.0 Å². The van der Waals surface area contributed by atoms with Gasteiger partial charge in [0.1, 0.15) is 0 Å². The summed E-state index contributed by atoms with van der Waals surface area (Å²) in [4.78, 5) is 13.2. The minimum Gasteiger partial charge on any atom is -0.311 e. The summed E-state index contributed by atoms with van der Waals surface area (Å²) in [7, 11) is -3.22. The molecule has 1 amide bonds. The topological polar surface area (TPSA) is 66.5 Å². The maximum Gasteiger partial charge on any atom is 0.223 e. The summed E-state index contributed by atoms with van der Waals surface area (Å²) in [6.07, 6.45) is 0.941. The Bertz CT molecular complexity index is 538. The predicted octanol–water partition coefficient (Wildman–Crippen LogP) is 1.54. The Morgan fingerprint density at radius 3 is 2.25 bits per heavy atom. The second-order valence-corrected chi connectivity index (χ2v) is 6.58. The van der Waals surface area contributed by atoms with Gasteiger partial charge in [-0.25, -0.2) is 13.1 Å². The Morgan fingerprint density at radius 1 is 1.20 bits per heavy atom. The summed E-state index contributed by atoms with van der Waals surface area (Å²) >= 11 is 0.